The van der Waals surface area contributed by atoms with E-state index < -0.39 is 14.7 Å². The summed E-state index contributed by atoms with van der Waals surface area (Å²) < 4.78 is 41.5. The molecule has 200 valence electrons. The first-order valence-corrected chi connectivity index (χ1v) is 17.0. The number of phenolic OH excluding ortho intramolecular Hbond substituents is 1. The Balaban J connectivity index is 1.28. The van der Waals surface area contributed by atoms with Gasteiger partial charge in [0.25, 0.3) is 14.7 Å². The van der Waals surface area contributed by atoms with Gasteiger partial charge in [-0.3, -0.25) is 9.13 Å². The SMILES string of the molecule is Cc1cc(CP2(=O)OC3=C(CCC=C3)c3ccccc32)c(O)c(CP2(=O)Oc3ccccc3-c3ccccc32)c1. The molecule has 5 nitrogen and oxygen atoms in total. The Morgan fingerprint density at radius 1 is 0.750 bits per heavy atom. The lowest BCUT2D eigenvalue weighted by atomic mass is 9.96. The fourth-order valence-electron chi connectivity index (χ4n) is 6.06. The van der Waals surface area contributed by atoms with Crippen molar-refractivity contribution < 1.29 is 23.3 Å². The van der Waals surface area contributed by atoms with Crippen molar-refractivity contribution in [1.82, 2.24) is 0 Å². The first-order chi connectivity index (χ1) is 19.3. The number of hydrogen-bond donors (Lipinski definition) is 1. The van der Waals surface area contributed by atoms with E-state index in [9.17, 15) is 14.2 Å². The lowest BCUT2D eigenvalue weighted by Crippen LogP contribution is -2.20. The third-order valence-electron chi connectivity index (χ3n) is 7.83. The lowest BCUT2D eigenvalue weighted by Gasteiger charge is -2.32. The number of benzene rings is 4. The fourth-order valence-corrected chi connectivity index (χ4v) is 10.8. The van der Waals surface area contributed by atoms with Crippen LogP contribution >= 0.6 is 14.7 Å². The molecule has 2 aliphatic heterocycles. The molecule has 0 saturated heterocycles. The Bertz CT molecular complexity index is 1850. The van der Waals surface area contributed by atoms with Crippen LogP contribution in [0.3, 0.4) is 0 Å². The van der Waals surface area contributed by atoms with Gasteiger partial charge in [-0.1, -0.05) is 78.4 Å². The van der Waals surface area contributed by atoms with Crippen LogP contribution < -0.4 is 15.1 Å². The standard InChI is InChI=1S/C33H28O5P2/c1-22-18-23(20-39(35)31-16-8-4-12-27(31)25-10-2-6-14-29(25)37-39)33(34)24(19-22)21-40(36)32-17-9-5-13-28(32)26-11-3-7-15-30(26)38-40/h2,4-10,12-19,34H,3,11,20-21H2,1H3. The molecule has 7 rings (SSSR count). The summed E-state index contributed by atoms with van der Waals surface area (Å²) in [6, 6.07) is 26.5. The van der Waals surface area contributed by atoms with Gasteiger partial charge in [-0.15, -0.1) is 0 Å². The average molecular weight is 567 g/mol. The quantitative estimate of drug-likeness (QED) is 0.253. The second-order valence-corrected chi connectivity index (χ2v) is 15.2. The predicted molar refractivity (Wildman–Crippen MR) is 160 cm³/mol. The minimum absolute atomic E-state index is 0.0125. The van der Waals surface area contributed by atoms with Crippen molar-refractivity contribution in [1.29, 1.82) is 0 Å². The summed E-state index contributed by atoms with van der Waals surface area (Å²) >= 11 is 0. The number of aryl methyl sites for hydroxylation is 1. The molecule has 2 unspecified atom stereocenters. The number of phenols is 1. The van der Waals surface area contributed by atoms with Crippen LogP contribution in [0.5, 0.6) is 11.5 Å². The summed E-state index contributed by atoms with van der Waals surface area (Å²) in [5.74, 6) is 1.20. The number of rotatable bonds is 4. The maximum Gasteiger partial charge on any atom is 0.282 e. The molecule has 0 spiro atoms. The number of allylic oxidation sites excluding steroid dienone is 3. The Morgan fingerprint density at radius 3 is 2.05 bits per heavy atom. The molecule has 7 heteroatoms. The Hall–Kier alpha value is -3.78. The van der Waals surface area contributed by atoms with E-state index in [0.29, 0.717) is 33.2 Å². The maximum atomic E-state index is 14.5. The monoisotopic (exact) mass is 566 g/mol. The highest BCUT2D eigenvalue weighted by atomic mass is 31.2. The summed E-state index contributed by atoms with van der Waals surface area (Å²) in [6.07, 6.45) is 5.74. The van der Waals surface area contributed by atoms with Gasteiger partial charge in [-0.05, 0) is 55.2 Å². The maximum absolute atomic E-state index is 14.5. The zero-order valence-electron chi connectivity index (χ0n) is 22.0. The van der Waals surface area contributed by atoms with Gasteiger partial charge in [-0.25, -0.2) is 0 Å². The van der Waals surface area contributed by atoms with Crippen LogP contribution in [0, 0.1) is 6.92 Å². The second kappa shape index (κ2) is 9.41. The molecule has 0 fully saturated rings. The largest absolute Gasteiger partial charge is 0.507 e. The highest BCUT2D eigenvalue weighted by molar-refractivity contribution is 7.67. The molecule has 0 radical (unpaired) electrons. The minimum Gasteiger partial charge on any atom is -0.507 e. The molecule has 0 aromatic heterocycles. The zero-order valence-corrected chi connectivity index (χ0v) is 23.8. The van der Waals surface area contributed by atoms with Gasteiger partial charge in [0.2, 0.25) is 0 Å². The van der Waals surface area contributed by atoms with Crippen molar-refractivity contribution in [3.8, 4) is 22.6 Å². The molecule has 40 heavy (non-hydrogen) atoms. The molecule has 2 heterocycles. The summed E-state index contributed by atoms with van der Waals surface area (Å²) in [6.45, 7) is 1.92. The van der Waals surface area contributed by atoms with Gasteiger partial charge in [0.1, 0.15) is 17.3 Å². The van der Waals surface area contributed by atoms with E-state index in [1.807, 2.05) is 104 Å². The Kier molecular flexibility index (Phi) is 5.93. The molecular weight excluding hydrogens is 538 g/mol. The molecule has 4 aromatic carbocycles. The van der Waals surface area contributed by atoms with Crippen molar-refractivity contribution in [3.63, 3.8) is 0 Å². The van der Waals surface area contributed by atoms with Gasteiger partial charge in [0.05, 0.1) is 22.9 Å². The Labute approximate surface area is 233 Å². The fraction of sp³-hybridized carbons (Fsp3) is 0.152. The first-order valence-electron chi connectivity index (χ1n) is 13.4. The molecule has 4 aromatic rings. The van der Waals surface area contributed by atoms with Crippen molar-refractivity contribution >= 4 is 30.9 Å². The van der Waals surface area contributed by atoms with Crippen LogP contribution in [0.1, 0.15) is 35.1 Å². The highest BCUT2D eigenvalue weighted by Crippen LogP contribution is 2.60. The molecule has 0 bridgehead atoms. The van der Waals surface area contributed by atoms with Crippen LogP contribution in [-0.4, -0.2) is 5.11 Å². The van der Waals surface area contributed by atoms with Crippen molar-refractivity contribution in [2.75, 3.05) is 0 Å². The van der Waals surface area contributed by atoms with Gasteiger partial charge in [0.15, 0.2) is 0 Å². The number of fused-ring (bicyclic) bond motifs is 5. The van der Waals surface area contributed by atoms with E-state index in [0.717, 1.165) is 40.7 Å². The topological polar surface area (TPSA) is 72.8 Å². The molecular formula is C33H28O5P2. The Morgan fingerprint density at radius 2 is 1.32 bits per heavy atom. The summed E-state index contributed by atoms with van der Waals surface area (Å²) in [5, 5.41) is 12.9. The number of hydrogen-bond acceptors (Lipinski definition) is 5. The number of aromatic hydroxyl groups is 1. The van der Waals surface area contributed by atoms with Crippen LogP contribution in [0.25, 0.3) is 16.7 Å². The molecule has 3 aliphatic rings. The smallest absolute Gasteiger partial charge is 0.282 e. The third kappa shape index (κ3) is 4.08. The first kappa shape index (κ1) is 25.2. The van der Waals surface area contributed by atoms with Gasteiger partial charge in [-0.2, -0.15) is 0 Å². The molecule has 0 saturated carbocycles. The van der Waals surface area contributed by atoms with Crippen LogP contribution in [0.4, 0.5) is 0 Å². The summed E-state index contributed by atoms with van der Waals surface area (Å²) in [5.41, 5.74) is 5.69. The highest BCUT2D eigenvalue weighted by Gasteiger charge is 2.40. The molecule has 1 aliphatic carbocycles. The van der Waals surface area contributed by atoms with Crippen LogP contribution in [0.15, 0.2) is 103 Å². The van der Waals surface area contributed by atoms with E-state index in [2.05, 4.69) is 0 Å². The van der Waals surface area contributed by atoms with Crippen LogP contribution in [-0.2, 0) is 26.0 Å². The minimum atomic E-state index is -3.43. The summed E-state index contributed by atoms with van der Waals surface area (Å²) in [4.78, 5) is 0. The van der Waals surface area contributed by atoms with E-state index in [1.165, 1.54) is 0 Å². The van der Waals surface area contributed by atoms with Gasteiger partial charge in [0, 0.05) is 22.3 Å². The lowest BCUT2D eigenvalue weighted by molar-refractivity contribution is 0.418. The molecule has 1 N–H and O–H groups in total. The van der Waals surface area contributed by atoms with Crippen molar-refractivity contribution in [2.45, 2.75) is 32.1 Å². The molecule has 0 amide bonds. The van der Waals surface area contributed by atoms with E-state index >= 15 is 0 Å². The van der Waals surface area contributed by atoms with E-state index in [-0.39, 0.29) is 18.1 Å². The average Bonchev–Trinajstić information content (AvgIpc) is 2.96. The predicted octanol–water partition coefficient (Wildman–Crippen LogP) is 8.06. The third-order valence-corrected chi connectivity index (χ3v) is 12.6. The zero-order chi connectivity index (χ0) is 27.5. The van der Waals surface area contributed by atoms with Crippen molar-refractivity contribution in [3.05, 3.63) is 125 Å². The normalized spacial score (nSPS) is 22.3. The van der Waals surface area contributed by atoms with E-state index in [1.54, 1.807) is 0 Å². The molecule has 2 atom stereocenters. The van der Waals surface area contributed by atoms with Gasteiger partial charge >= 0.3 is 0 Å². The van der Waals surface area contributed by atoms with E-state index in [4.69, 9.17) is 9.05 Å². The number of para-hydroxylation sites is 1. The van der Waals surface area contributed by atoms with Crippen LogP contribution in [0.2, 0.25) is 0 Å². The van der Waals surface area contributed by atoms with Gasteiger partial charge < -0.3 is 14.2 Å². The second-order valence-electron chi connectivity index (χ2n) is 10.6. The summed E-state index contributed by atoms with van der Waals surface area (Å²) in [7, 11) is -6.84. The van der Waals surface area contributed by atoms with Crippen molar-refractivity contribution in [2.24, 2.45) is 0 Å².